The molecule has 4 heteroatoms. The zero-order valence-electron chi connectivity index (χ0n) is 9.01. The molecule has 1 aliphatic carbocycles. The quantitative estimate of drug-likeness (QED) is 0.791. The Morgan fingerprint density at radius 1 is 1.38 bits per heavy atom. The average Bonchev–Trinajstić information content (AvgIpc) is 3.07. The standard InChI is InChI=1S/C12H12N2O2/c1-15-10-4-2-3-9(7-10)11-13-12(16-14-11)8-5-6-8/h2-4,7-8H,5-6H2,1H3. The van der Waals surface area contributed by atoms with Crippen LogP contribution in [0.1, 0.15) is 24.7 Å². The van der Waals surface area contributed by atoms with Gasteiger partial charge in [-0.1, -0.05) is 17.3 Å². The number of hydrogen-bond acceptors (Lipinski definition) is 4. The minimum absolute atomic E-state index is 0.492. The van der Waals surface area contributed by atoms with E-state index >= 15 is 0 Å². The molecule has 4 nitrogen and oxygen atoms in total. The third kappa shape index (κ3) is 1.66. The van der Waals surface area contributed by atoms with Gasteiger partial charge in [0.1, 0.15) is 5.75 Å². The topological polar surface area (TPSA) is 48.2 Å². The number of nitrogens with zero attached hydrogens (tertiary/aromatic N) is 2. The molecule has 0 N–H and O–H groups in total. The Bertz CT molecular complexity index is 503. The lowest BCUT2D eigenvalue weighted by Gasteiger charge is -1.99. The Morgan fingerprint density at radius 2 is 2.25 bits per heavy atom. The van der Waals surface area contributed by atoms with Crippen LogP contribution < -0.4 is 4.74 Å². The Kier molecular flexibility index (Phi) is 2.13. The Hall–Kier alpha value is -1.84. The molecule has 0 amide bonds. The fourth-order valence-corrected chi connectivity index (χ4v) is 1.61. The fourth-order valence-electron chi connectivity index (χ4n) is 1.61. The highest BCUT2D eigenvalue weighted by molar-refractivity contribution is 5.56. The Labute approximate surface area is 93.2 Å². The van der Waals surface area contributed by atoms with Crippen molar-refractivity contribution in [2.45, 2.75) is 18.8 Å². The molecule has 0 atom stereocenters. The van der Waals surface area contributed by atoms with E-state index < -0.39 is 0 Å². The maximum Gasteiger partial charge on any atom is 0.230 e. The predicted octanol–water partition coefficient (Wildman–Crippen LogP) is 2.62. The summed E-state index contributed by atoms with van der Waals surface area (Å²) >= 11 is 0. The van der Waals surface area contributed by atoms with E-state index in [1.54, 1.807) is 7.11 Å². The number of ether oxygens (including phenoxy) is 1. The van der Waals surface area contributed by atoms with Crippen LogP contribution in [-0.2, 0) is 0 Å². The maximum absolute atomic E-state index is 5.21. The van der Waals surface area contributed by atoms with E-state index in [4.69, 9.17) is 9.26 Å². The number of rotatable bonds is 3. The lowest BCUT2D eigenvalue weighted by Crippen LogP contribution is -1.85. The second-order valence-electron chi connectivity index (χ2n) is 3.96. The highest BCUT2D eigenvalue weighted by Crippen LogP contribution is 2.39. The lowest BCUT2D eigenvalue weighted by atomic mass is 10.2. The second kappa shape index (κ2) is 3.63. The van der Waals surface area contributed by atoms with Gasteiger partial charge in [0, 0.05) is 11.5 Å². The van der Waals surface area contributed by atoms with Crippen molar-refractivity contribution in [3.63, 3.8) is 0 Å². The van der Waals surface area contributed by atoms with Gasteiger partial charge in [0.15, 0.2) is 0 Å². The summed E-state index contributed by atoms with van der Waals surface area (Å²) in [6, 6.07) is 7.66. The molecule has 0 unspecified atom stereocenters. The van der Waals surface area contributed by atoms with Crippen LogP contribution >= 0.6 is 0 Å². The van der Waals surface area contributed by atoms with E-state index in [0.29, 0.717) is 11.7 Å². The third-order valence-corrected chi connectivity index (χ3v) is 2.70. The lowest BCUT2D eigenvalue weighted by molar-refractivity contribution is 0.380. The van der Waals surface area contributed by atoms with Crippen molar-refractivity contribution in [3.8, 4) is 17.1 Å². The predicted molar refractivity (Wildman–Crippen MR) is 58.3 cm³/mol. The first kappa shape index (κ1) is 9.39. The van der Waals surface area contributed by atoms with Crippen molar-refractivity contribution in [2.75, 3.05) is 7.11 Å². The van der Waals surface area contributed by atoms with Gasteiger partial charge in [-0.2, -0.15) is 4.98 Å². The van der Waals surface area contributed by atoms with Crippen LogP contribution in [0.5, 0.6) is 5.75 Å². The van der Waals surface area contributed by atoms with Gasteiger partial charge in [-0.15, -0.1) is 0 Å². The van der Waals surface area contributed by atoms with Gasteiger partial charge in [0.2, 0.25) is 11.7 Å². The molecule has 1 aliphatic rings. The zero-order valence-corrected chi connectivity index (χ0v) is 9.01. The van der Waals surface area contributed by atoms with Gasteiger partial charge in [-0.25, -0.2) is 0 Å². The van der Waals surface area contributed by atoms with Gasteiger partial charge >= 0.3 is 0 Å². The first-order chi connectivity index (χ1) is 7.86. The van der Waals surface area contributed by atoms with Crippen LogP contribution in [-0.4, -0.2) is 17.3 Å². The molecular formula is C12H12N2O2. The van der Waals surface area contributed by atoms with Gasteiger partial charge < -0.3 is 9.26 Å². The molecule has 1 aromatic heterocycles. The molecule has 0 radical (unpaired) electrons. The van der Waals surface area contributed by atoms with Crippen molar-refractivity contribution in [2.24, 2.45) is 0 Å². The van der Waals surface area contributed by atoms with E-state index in [1.165, 1.54) is 12.8 Å². The summed E-state index contributed by atoms with van der Waals surface area (Å²) in [6.07, 6.45) is 2.33. The third-order valence-electron chi connectivity index (χ3n) is 2.70. The molecule has 1 saturated carbocycles. The molecule has 1 heterocycles. The molecule has 3 rings (SSSR count). The molecule has 1 aromatic carbocycles. The summed E-state index contributed by atoms with van der Waals surface area (Å²) in [7, 11) is 1.64. The molecule has 0 bridgehead atoms. The normalized spacial score (nSPS) is 15.1. The van der Waals surface area contributed by atoms with Crippen LogP contribution in [0.25, 0.3) is 11.4 Å². The van der Waals surface area contributed by atoms with Crippen molar-refractivity contribution >= 4 is 0 Å². The maximum atomic E-state index is 5.21. The van der Waals surface area contributed by atoms with E-state index in [-0.39, 0.29) is 0 Å². The summed E-state index contributed by atoms with van der Waals surface area (Å²) in [5.41, 5.74) is 0.926. The zero-order chi connectivity index (χ0) is 11.0. The van der Waals surface area contributed by atoms with Gasteiger partial charge in [-0.05, 0) is 25.0 Å². The summed E-state index contributed by atoms with van der Waals surface area (Å²) < 4.78 is 10.4. The first-order valence-electron chi connectivity index (χ1n) is 5.35. The molecule has 0 aliphatic heterocycles. The molecule has 1 fully saturated rings. The molecule has 82 valence electrons. The minimum atomic E-state index is 0.492. The molecule has 2 aromatic rings. The number of methoxy groups -OCH3 is 1. The summed E-state index contributed by atoms with van der Waals surface area (Å²) in [5.74, 6) is 2.70. The van der Waals surface area contributed by atoms with Crippen LogP contribution in [0.3, 0.4) is 0 Å². The van der Waals surface area contributed by atoms with E-state index in [9.17, 15) is 0 Å². The van der Waals surface area contributed by atoms with Crippen molar-refractivity contribution in [3.05, 3.63) is 30.2 Å². The SMILES string of the molecule is COc1cccc(-c2noc(C3CC3)n2)c1. The summed E-state index contributed by atoms with van der Waals surface area (Å²) in [6.45, 7) is 0. The largest absolute Gasteiger partial charge is 0.497 e. The highest BCUT2D eigenvalue weighted by atomic mass is 16.5. The van der Waals surface area contributed by atoms with E-state index in [2.05, 4.69) is 10.1 Å². The molecule has 0 spiro atoms. The van der Waals surface area contributed by atoms with Crippen LogP contribution in [0, 0.1) is 0 Å². The minimum Gasteiger partial charge on any atom is -0.497 e. The van der Waals surface area contributed by atoms with E-state index in [1.807, 2.05) is 24.3 Å². The second-order valence-corrected chi connectivity index (χ2v) is 3.96. The van der Waals surface area contributed by atoms with Crippen LogP contribution in [0.2, 0.25) is 0 Å². The first-order valence-corrected chi connectivity index (χ1v) is 5.35. The Morgan fingerprint density at radius 3 is 3.00 bits per heavy atom. The van der Waals surface area contributed by atoms with Crippen LogP contribution in [0.15, 0.2) is 28.8 Å². The molecular weight excluding hydrogens is 204 g/mol. The molecule has 16 heavy (non-hydrogen) atoms. The van der Waals surface area contributed by atoms with Gasteiger partial charge in [-0.3, -0.25) is 0 Å². The summed E-state index contributed by atoms with van der Waals surface area (Å²) in [4.78, 5) is 4.38. The fraction of sp³-hybridized carbons (Fsp3) is 0.333. The van der Waals surface area contributed by atoms with E-state index in [0.717, 1.165) is 17.2 Å². The molecule has 0 saturated heterocycles. The average molecular weight is 216 g/mol. The number of benzene rings is 1. The smallest absolute Gasteiger partial charge is 0.230 e. The Balaban J connectivity index is 1.93. The van der Waals surface area contributed by atoms with Crippen molar-refractivity contribution < 1.29 is 9.26 Å². The van der Waals surface area contributed by atoms with Crippen LogP contribution in [0.4, 0.5) is 0 Å². The van der Waals surface area contributed by atoms with Gasteiger partial charge in [0.05, 0.1) is 7.11 Å². The highest BCUT2D eigenvalue weighted by Gasteiger charge is 2.29. The number of hydrogen-bond donors (Lipinski definition) is 0. The number of aromatic nitrogens is 2. The van der Waals surface area contributed by atoms with Crippen molar-refractivity contribution in [1.82, 2.24) is 10.1 Å². The van der Waals surface area contributed by atoms with Crippen molar-refractivity contribution in [1.29, 1.82) is 0 Å². The van der Waals surface area contributed by atoms with Gasteiger partial charge in [0.25, 0.3) is 0 Å². The summed E-state index contributed by atoms with van der Waals surface area (Å²) in [5, 5.41) is 3.98. The monoisotopic (exact) mass is 216 g/mol.